The Labute approximate surface area is 76.3 Å². The predicted octanol–water partition coefficient (Wildman–Crippen LogP) is 0.469. The van der Waals surface area contributed by atoms with Crippen molar-refractivity contribution < 1.29 is 0 Å². The summed E-state index contributed by atoms with van der Waals surface area (Å²) in [7, 11) is 1.82. The van der Waals surface area contributed by atoms with Crippen LogP contribution in [0.2, 0.25) is 0 Å². The Bertz CT molecular complexity index is 418. The molecule has 2 N–H and O–H groups in total. The minimum Gasteiger partial charge on any atom is -0.330 e. The molecule has 0 aliphatic carbocycles. The zero-order valence-corrected chi connectivity index (χ0v) is 7.57. The van der Waals surface area contributed by atoms with Gasteiger partial charge in [0.05, 0.1) is 0 Å². The summed E-state index contributed by atoms with van der Waals surface area (Å²) in [6, 6.07) is 6.06. The highest BCUT2D eigenvalue weighted by Crippen LogP contribution is 2.11. The molecule has 13 heavy (non-hydrogen) atoms. The third-order valence-electron chi connectivity index (χ3n) is 1.98. The third-order valence-corrected chi connectivity index (χ3v) is 1.98. The van der Waals surface area contributed by atoms with E-state index >= 15 is 0 Å². The summed E-state index contributed by atoms with van der Waals surface area (Å²) in [5.41, 5.74) is 8.56. The molecular formula is C9H12N4. The van der Waals surface area contributed by atoms with E-state index in [4.69, 9.17) is 5.73 Å². The fourth-order valence-corrected chi connectivity index (χ4v) is 1.39. The number of hydrogen-bond acceptors (Lipinski definition) is 3. The van der Waals surface area contributed by atoms with Crippen LogP contribution in [0.5, 0.6) is 0 Å². The van der Waals surface area contributed by atoms with Crippen LogP contribution < -0.4 is 5.73 Å². The predicted molar refractivity (Wildman–Crippen MR) is 51.3 cm³/mol. The molecule has 0 bridgehead atoms. The van der Waals surface area contributed by atoms with Crippen molar-refractivity contribution in [3.05, 3.63) is 23.8 Å². The fourth-order valence-electron chi connectivity index (χ4n) is 1.39. The van der Waals surface area contributed by atoms with Crippen molar-refractivity contribution in [2.24, 2.45) is 12.8 Å². The van der Waals surface area contributed by atoms with Crippen LogP contribution in [-0.2, 0) is 13.5 Å². The van der Waals surface area contributed by atoms with Crippen molar-refractivity contribution in [3.8, 4) is 0 Å². The highest BCUT2D eigenvalue weighted by atomic mass is 15.4. The van der Waals surface area contributed by atoms with Gasteiger partial charge in [-0.05, 0) is 30.7 Å². The lowest BCUT2D eigenvalue weighted by Gasteiger charge is -1.95. The van der Waals surface area contributed by atoms with Gasteiger partial charge in [0.25, 0.3) is 0 Å². The number of aromatic nitrogens is 3. The summed E-state index contributed by atoms with van der Waals surface area (Å²) in [6.45, 7) is 0.672. The molecule has 0 saturated heterocycles. The van der Waals surface area contributed by atoms with E-state index in [2.05, 4.69) is 10.2 Å². The summed E-state index contributed by atoms with van der Waals surface area (Å²) in [5, 5.41) is 8.41. The second-order valence-corrected chi connectivity index (χ2v) is 3.05. The Hall–Kier alpha value is -1.42. The molecule has 1 heterocycles. The largest absolute Gasteiger partial charge is 0.330 e. The maximum absolute atomic E-state index is 5.47. The third kappa shape index (κ3) is 1.53. The number of fused-ring (bicyclic) bond motifs is 1. The lowest BCUT2D eigenvalue weighted by Crippen LogP contribution is -2.02. The Morgan fingerprint density at radius 2 is 2.08 bits per heavy atom. The van der Waals surface area contributed by atoms with Crippen LogP contribution in [0.3, 0.4) is 0 Å². The number of nitrogens with two attached hydrogens (primary N) is 1. The van der Waals surface area contributed by atoms with E-state index in [0.717, 1.165) is 17.5 Å². The number of hydrogen-bond donors (Lipinski definition) is 1. The topological polar surface area (TPSA) is 56.7 Å². The molecule has 0 radical (unpaired) electrons. The highest BCUT2D eigenvalue weighted by molar-refractivity contribution is 5.74. The zero-order chi connectivity index (χ0) is 9.26. The van der Waals surface area contributed by atoms with E-state index in [1.165, 1.54) is 5.56 Å². The summed E-state index contributed by atoms with van der Waals surface area (Å²) in [6.07, 6.45) is 0.895. The van der Waals surface area contributed by atoms with Crippen LogP contribution in [0.4, 0.5) is 0 Å². The van der Waals surface area contributed by atoms with Crippen molar-refractivity contribution >= 4 is 11.0 Å². The first kappa shape index (κ1) is 8.19. The molecule has 0 aliphatic rings. The second-order valence-electron chi connectivity index (χ2n) is 3.05. The quantitative estimate of drug-likeness (QED) is 0.723. The molecule has 1 aromatic carbocycles. The molecule has 2 aromatic rings. The molecule has 1 aromatic heterocycles. The monoisotopic (exact) mass is 176 g/mol. The van der Waals surface area contributed by atoms with Gasteiger partial charge in [0.1, 0.15) is 11.0 Å². The first-order valence-electron chi connectivity index (χ1n) is 4.29. The molecular weight excluding hydrogens is 164 g/mol. The summed E-state index contributed by atoms with van der Waals surface area (Å²) < 4.78 is 0. The number of rotatable bonds is 2. The molecule has 0 amide bonds. The lowest BCUT2D eigenvalue weighted by molar-refractivity contribution is 0.665. The van der Waals surface area contributed by atoms with Gasteiger partial charge >= 0.3 is 0 Å². The van der Waals surface area contributed by atoms with Gasteiger partial charge in [-0.2, -0.15) is 15.0 Å². The Morgan fingerprint density at radius 1 is 1.31 bits per heavy atom. The van der Waals surface area contributed by atoms with E-state index in [1.54, 1.807) is 4.80 Å². The Balaban J connectivity index is 2.48. The average Bonchev–Trinajstić information content (AvgIpc) is 2.44. The van der Waals surface area contributed by atoms with Gasteiger partial charge in [-0.15, -0.1) is 0 Å². The van der Waals surface area contributed by atoms with Gasteiger partial charge < -0.3 is 5.73 Å². The molecule has 4 nitrogen and oxygen atoms in total. The molecule has 68 valence electrons. The molecule has 0 aliphatic heterocycles. The van der Waals surface area contributed by atoms with Gasteiger partial charge in [-0.3, -0.25) is 0 Å². The van der Waals surface area contributed by atoms with Crippen molar-refractivity contribution in [3.63, 3.8) is 0 Å². The first-order chi connectivity index (χ1) is 6.29. The van der Waals surface area contributed by atoms with Crippen LogP contribution in [-0.4, -0.2) is 21.5 Å². The minimum atomic E-state index is 0.672. The minimum absolute atomic E-state index is 0.672. The summed E-state index contributed by atoms with van der Waals surface area (Å²) in [4.78, 5) is 1.58. The van der Waals surface area contributed by atoms with Crippen molar-refractivity contribution in [1.29, 1.82) is 0 Å². The molecule has 0 saturated carbocycles. The molecule has 0 atom stereocenters. The van der Waals surface area contributed by atoms with Crippen molar-refractivity contribution in [2.45, 2.75) is 6.42 Å². The molecule has 0 unspecified atom stereocenters. The van der Waals surface area contributed by atoms with Crippen LogP contribution in [0, 0.1) is 0 Å². The van der Waals surface area contributed by atoms with Gasteiger partial charge in [-0.1, -0.05) is 6.07 Å². The van der Waals surface area contributed by atoms with Gasteiger partial charge in [0, 0.05) is 7.05 Å². The Morgan fingerprint density at radius 3 is 2.85 bits per heavy atom. The van der Waals surface area contributed by atoms with E-state index in [0.29, 0.717) is 6.54 Å². The number of benzene rings is 1. The standard InChI is InChI=1S/C9H12N4/c1-13-11-8-3-2-7(4-5-10)6-9(8)12-13/h2-3,6H,4-5,10H2,1H3. The van der Waals surface area contributed by atoms with Gasteiger partial charge in [0.2, 0.25) is 0 Å². The van der Waals surface area contributed by atoms with E-state index in [9.17, 15) is 0 Å². The van der Waals surface area contributed by atoms with Crippen LogP contribution in [0.15, 0.2) is 18.2 Å². The molecule has 2 rings (SSSR count). The molecule has 0 fully saturated rings. The van der Waals surface area contributed by atoms with E-state index in [-0.39, 0.29) is 0 Å². The van der Waals surface area contributed by atoms with Crippen LogP contribution >= 0.6 is 0 Å². The fraction of sp³-hybridized carbons (Fsp3) is 0.333. The van der Waals surface area contributed by atoms with E-state index in [1.807, 2.05) is 25.2 Å². The summed E-state index contributed by atoms with van der Waals surface area (Å²) in [5.74, 6) is 0. The van der Waals surface area contributed by atoms with E-state index < -0.39 is 0 Å². The maximum Gasteiger partial charge on any atom is 0.113 e. The normalized spacial score (nSPS) is 10.9. The number of aryl methyl sites for hydroxylation is 1. The maximum atomic E-state index is 5.47. The van der Waals surface area contributed by atoms with Crippen LogP contribution in [0.1, 0.15) is 5.56 Å². The Kier molecular flexibility index (Phi) is 1.98. The zero-order valence-electron chi connectivity index (χ0n) is 7.57. The smallest absolute Gasteiger partial charge is 0.113 e. The van der Waals surface area contributed by atoms with Gasteiger partial charge in [0.15, 0.2) is 0 Å². The number of nitrogens with zero attached hydrogens (tertiary/aromatic N) is 3. The van der Waals surface area contributed by atoms with Crippen molar-refractivity contribution in [1.82, 2.24) is 15.0 Å². The van der Waals surface area contributed by atoms with Crippen LogP contribution in [0.25, 0.3) is 11.0 Å². The second kappa shape index (κ2) is 3.14. The summed E-state index contributed by atoms with van der Waals surface area (Å²) >= 11 is 0. The van der Waals surface area contributed by atoms with Crippen molar-refractivity contribution in [2.75, 3.05) is 6.54 Å². The highest BCUT2D eigenvalue weighted by Gasteiger charge is 2.00. The molecule has 0 spiro atoms. The van der Waals surface area contributed by atoms with Gasteiger partial charge in [-0.25, -0.2) is 0 Å². The first-order valence-corrected chi connectivity index (χ1v) is 4.29. The SMILES string of the molecule is Cn1nc2ccc(CCN)cc2n1. The lowest BCUT2D eigenvalue weighted by atomic mass is 10.1. The molecule has 4 heteroatoms. The average molecular weight is 176 g/mol.